The Hall–Kier alpha value is -1.56. The highest BCUT2D eigenvalue weighted by atomic mass is 32.2. The molecular weight excluding hydrogens is 300 g/mol. The molecule has 22 heavy (non-hydrogen) atoms. The Kier molecular flexibility index (Phi) is 4.38. The van der Waals surface area contributed by atoms with Gasteiger partial charge in [-0.25, -0.2) is 8.42 Å². The summed E-state index contributed by atoms with van der Waals surface area (Å²) in [4.78, 5) is 14.4. The average Bonchev–Trinajstić information content (AvgIpc) is 2.73. The molecule has 3 rings (SSSR count). The van der Waals surface area contributed by atoms with Crippen LogP contribution in [-0.4, -0.2) is 44.6 Å². The number of benzene rings is 1. The summed E-state index contributed by atoms with van der Waals surface area (Å²) in [5, 5.41) is 0. The monoisotopic (exact) mass is 322 g/mol. The highest BCUT2D eigenvalue weighted by molar-refractivity contribution is 7.93. The van der Waals surface area contributed by atoms with Crippen LogP contribution in [0.5, 0.6) is 0 Å². The molecule has 0 radical (unpaired) electrons. The van der Waals surface area contributed by atoms with E-state index in [9.17, 15) is 13.2 Å². The number of anilines is 1. The third kappa shape index (κ3) is 3.11. The van der Waals surface area contributed by atoms with Gasteiger partial charge in [-0.15, -0.1) is 0 Å². The van der Waals surface area contributed by atoms with Gasteiger partial charge in [-0.05, 0) is 43.5 Å². The van der Waals surface area contributed by atoms with Gasteiger partial charge in [0.15, 0.2) is 0 Å². The Morgan fingerprint density at radius 3 is 2.05 bits per heavy atom. The lowest BCUT2D eigenvalue weighted by atomic mass is 10.1. The van der Waals surface area contributed by atoms with Gasteiger partial charge in [0.2, 0.25) is 10.0 Å². The van der Waals surface area contributed by atoms with Crippen molar-refractivity contribution in [1.82, 2.24) is 4.90 Å². The number of rotatable bonds is 2. The van der Waals surface area contributed by atoms with Crippen molar-refractivity contribution in [1.29, 1.82) is 0 Å². The van der Waals surface area contributed by atoms with Gasteiger partial charge in [-0.1, -0.05) is 12.8 Å². The molecule has 0 bridgehead atoms. The molecule has 0 aliphatic carbocycles. The maximum Gasteiger partial charge on any atom is 0.253 e. The van der Waals surface area contributed by atoms with E-state index in [1.165, 1.54) is 17.1 Å². The van der Waals surface area contributed by atoms with Gasteiger partial charge >= 0.3 is 0 Å². The van der Waals surface area contributed by atoms with Gasteiger partial charge in [-0.2, -0.15) is 0 Å². The van der Waals surface area contributed by atoms with E-state index in [0.29, 0.717) is 24.2 Å². The number of sulfonamides is 1. The largest absolute Gasteiger partial charge is 0.339 e. The molecule has 2 heterocycles. The molecule has 0 saturated carbocycles. The average molecular weight is 322 g/mol. The van der Waals surface area contributed by atoms with E-state index in [1.807, 2.05) is 4.90 Å². The standard InChI is InChI=1S/C16H22N2O3S/c19-16(17-10-3-1-2-4-11-17)14-6-8-15(9-7-14)18-12-5-13-22(18,20)21/h6-9H,1-5,10-13H2. The molecule has 0 N–H and O–H groups in total. The zero-order valence-corrected chi connectivity index (χ0v) is 13.5. The molecule has 1 aromatic rings. The smallest absolute Gasteiger partial charge is 0.253 e. The molecule has 0 unspecified atom stereocenters. The molecule has 0 aromatic heterocycles. The first-order valence-electron chi connectivity index (χ1n) is 7.98. The van der Waals surface area contributed by atoms with E-state index >= 15 is 0 Å². The van der Waals surface area contributed by atoms with Crippen LogP contribution in [0.3, 0.4) is 0 Å². The van der Waals surface area contributed by atoms with E-state index in [4.69, 9.17) is 0 Å². The summed E-state index contributed by atoms with van der Waals surface area (Å²) in [6.07, 6.45) is 5.17. The topological polar surface area (TPSA) is 57.7 Å². The summed E-state index contributed by atoms with van der Waals surface area (Å²) in [7, 11) is -3.16. The van der Waals surface area contributed by atoms with Crippen LogP contribution in [0.4, 0.5) is 5.69 Å². The van der Waals surface area contributed by atoms with E-state index < -0.39 is 10.0 Å². The van der Waals surface area contributed by atoms with Crippen molar-refractivity contribution in [3.63, 3.8) is 0 Å². The fourth-order valence-corrected chi connectivity index (χ4v) is 4.72. The molecule has 2 fully saturated rings. The molecule has 6 heteroatoms. The summed E-state index contributed by atoms with van der Waals surface area (Å²) < 4.78 is 25.3. The summed E-state index contributed by atoms with van der Waals surface area (Å²) >= 11 is 0. The van der Waals surface area contributed by atoms with Crippen LogP contribution in [0.15, 0.2) is 24.3 Å². The highest BCUT2D eigenvalue weighted by Crippen LogP contribution is 2.24. The Morgan fingerprint density at radius 1 is 0.864 bits per heavy atom. The van der Waals surface area contributed by atoms with Gasteiger partial charge in [-0.3, -0.25) is 9.10 Å². The van der Waals surface area contributed by atoms with E-state index in [0.717, 1.165) is 25.9 Å². The van der Waals surface area contributed by atoms with Crippen molar-refractivity contribution in [3.8, 4) is 0 Å². The second-order valence-electron chi connectivity index (χ2n) is 5.99. The summed E-state index contributed by atoms with van der Waals surface area (Å²) in [5.74, 6) is 0.263. The number of nitrogens with zero attached hydrogens (tertiary/aromatic N) is 2. The number of hydrogen-bond acceptors (Lipinski definition) is 3. The van der Waals surface area contributed by atoms with Gasteiger partial charge in [0, 0.05) is 25.2 Å². The van der Waals surface area contributed by atoms with E-state index in [2.05, 4.69) is 0 Å². The zero-order valence-electron chi connectivity index (χ0n) is 12.7. The minimum Gasteiger partial charge on any atom is -0.339 e. The molecule has 2 aliphatic heterocycles. The predicted octanol–water partition coefficient (Wildman–Crippen LogP) is 2.24. The SMILES string of the molecule is O=C(c1ccc(N2CCCS2(=O)=O)cc1)N1CCCCCC1. The zero-order chi connectivity index (χ0) is 15.6. The molecule has 5 nitrogen and oxygen atoms in total. The maximum atomic E-state index is 12.5. The van der Waals surface area contributed by atoms with Crippen molar-refractivity contribution >= 4 is 21.6 Å². The third-order valence-electron chi connectivity index (χ3n) is 4.39. The van der Waals surface area contributed by atoms with Crippen LogP contribution in [-0.2, 0) is 10.0 Å². The Labute approximate surface area is 132 Å². The van der Waals surface area contributed by atoms with Crippen molar-refractivity contribution in [2.45, 2.75) is 32.1 Å². The summed E-state index contributed by atoms with van der Waals surface area (Å²) in [5.41, 5.74) is 1.30. The highest BCUT2D eigenvalue weighted by Gasteiger charge is 2.28. The lowest BCUT2D eigenvalue weighted by Gasteiger charge is -2.21. The quantitative estimate of drug-likeness (QED) is 0.839. The second kappa shape index (κ2) is 6.28. The molecule has 1 amide bonds. The fourth-order valence-electron chi connectivity index (χ4n) is 3.16. The van der Waals surface area contributed by atoms with Crippen LogP contribution in [0, 0.1) is 0 Å². The molecule has 1 aromatic carbocycles. The van der Waals surface area contributed by atoms with Crippen LogP contribution in [0.1, 0.15) is 42.5 Å². The molecule has 0 spiro atoms. The number of carbonyl (C=O) groups is 1. The van der Waals surface area contributed by atoms with E-state index in [1.54, 1.807) is 24.3 Å². The first kappa shape index (κ1) is 15.3. The summed E-state index contributed by atoms with van der Waals surface area (Å²) in [6.45, 7) is 2.17. The number of likely N-dealkylation sites (tertiary alicyclic amines) is 1. The van der Waals surface area contributed by atoms with Gasteiger partial charge < -0.3 is 4.90 Å². The van der Waals surface area contributed by atoms with Gasteiger partial charge in [0.1, 0.15) is 0 Å². The number of hydrogen-bond donors (Lipinski definition) is 0. The van der Waals surface area contributed by atoms with Crippen LogP contribution in [0.25, 0.3) is 0 Å². The lowest BCUT2D eigenvalue weighted by molar-refractivity contribution is 0.0761. The van der Waals surface area contributed by atoms with Crippen LogP contribution < -0.4 is 4.31 Å². The normalized spacial score (nSPS) is 21.6. The van der Waals surface area contributed by atoms with Crippen molar-refractivity contribution in [2.24, 2.45) is 0 Å². The van der Waals surface area contributed by atoms with Gasteiger partial charge in [0.25, 0.3) is 5.91 Å². The minimum absolute atomic E-state index is 0.0535. The third-order valence-corrected chi connectivity index (χ3v) is 6.26. The Bertz CT molecular complexity index is 632. The fraction of sp³-hybridized carbons (Fsp3) is 0.562. The van der Waals surface area contributed by atoms with Crippen molar-refractivity contribution in [3.05, 3.63) is 29.8 Å². The molecule has 2 aliphatic rings. The first-order valence-corrected chi connectivity index (χ1v) is 9.59. The molecule has 2 saturated heterocycles. The Morgan fingerprint density at radius 2 is 1.50 bits per heavy atom. The number of carbonyl (C=O) groups excluding carboxylic acids is 1. The van der Waals surface area contributed by atoms with Crippen molar-refractivity contribution < 1.29 is 13.2 Å². The number of amides is 1. The van der Waals surface area contributed by atoms with Gasteiger partial charge in [0.05, 0.1) is 11.4 Å². The van der Waals surface area contributed by atoms with Crippen LogP contribution >= 0.6 is 0 Å². The van der Waals surface area contributed by atoms with Crippen LogP contribution in [0.2, 0.25) is 0 Å². The Balaban J connectivity index is 1.75. The predicted molar refractivity (Wildman–Crippen MR) is 86.6 cm³/mol. The lowest BCUT2D eigenvalue weighted by Crippen LogP contribution is -2.31. The molecular formula is C16H22N2O3S. The van der Waals surface area contributed by atoms with Crippen molar-refractivity contribution in [2.75, 3.05) is 29.7 Å². The molecule has 120 valence electrons. The maximum absolute atomic E-state index is 12.5. The summed E-state index contributed by atoms with van der Waals surface area (Å²) in [6, 6.07) is 6.98. The minimum atomic E-state index is -3.16. The second-order valence-corrected chi connectivity index (χ2v) is 8.01. The first-order chi connectivity index (χ1) is 10.6. The van der Waals surface area contributed by atoms with E-state index in [-0.39, 0.29) is 11.7 Å². The molecule has 0 atom stereocenters.